The average Bonchev–Trinajstić information content (AvgIpc) is 2.27. The van der Waals surface area contributed by atoms with Crippen LogP contribution in [-0.4, -0.2) is 13.1 Å². The molecule has 0 radical (unpaired) electrons. The first-order valence-electron chi connectivity index (χ1n) is 5.22. The number of hydrogen-bond acceptors (Lipinski definition) is 1. The van der Waals surface area contributed by atoms with Crippen LogP contribution < -0.4 is 5.32 Å². The van der Waals surface area contributed by atoms with Gasteiger partial charge in [0.05, 0.1) is 0 Å². The number of nitrogens with one attached hydrogen (secondary N) is 1. The Balaban J connectivity index is 2.67. The van der Waals surface area contributed by atoms with Crippen molar-refractivity contribution >= 4 is 0 Å². The van der Waals surface area contributed by atoms with Crippen LogP contribution >= 0.6 is 0 Å². The minimum Gasteiger partial charge on any atom is -0.317 e. The Morgan fingerprint density at radius 1 is 1.44 bits per heavy atom. The fourth-order valence-electron chi connectivity index (χ4n) is 1.56. The maximum Gasteiger partial charge on any atom is 0.129 e. The van der Waals surface area contributed by atoms with Gasteiger partial charge in [-0.25, -0.2) is 8.78 Å². The topological polar surface area (TPSA) is 12.0 Å². The molecule has 1 aromatic carbocycles. The van der Waals surface area contributed by atoms with Gasteiger partial charge in [0, 0.05) is 18.5 Å². The molecule has 0 spiro atoms. The first-order valence-corrected chi connectivity index (χ1v) is 5.22. The van der Waals surface area contributed by atoms with Crippen molar-refractivity contribution in [2.75, 3.05) is 7.05 Å². The summed E-state index contributed by atoms with van der Waals surface area (Å²) >= 11 is 0. The molecule has 0 saturated carbocycles. The van der Waals surface area contributed by atoms with E-state index in [0.29, 0.717) is 18.4 Å². The Kier molecular flexibility index (Phi) is 4.94. The molecule has 0 aromatic heterocycles. The summed E-state index contributed by atoms with van der Waals surface area (Å²) in [5.74, 6) is 1.50. The van der Waals surface area contributed by atoms with Crippen molar-refractivity contribution in [2.45, 2.75) is 25.3 Å². The quantitative estimate of drug-likeness (QED) is 0.756. The Labute approximate surface area is 94.9 Å². The van der Waals surface area contributed by atoms with Crippen molar-refractivity contribution in [3.63, 3.8) is 0 Å². The number of benzene rings is 1. The van der Waals surface area contributed by atoms with Gasteiger partial charge in [-0.15, -0.1) is 12.3 Å². The van der Waals surface area contributed by atoms with E-state index in [4.69, 9.17) is 6.42 Å². The Hall–Kier alpha value is -1.40. The van der Waals surface area contributed by atoms with Crippen molar-refractivity contribution in [1.29, 1.82) is 0 Å². The Bertz CT molecular complexity index is 382. The van der Waals surface area contributed by atoms with Gasteiger partial charge in [0.15, 0.2) is 0 Å². The lowest BCUT2D eigenvalue weighted by molar-refractivity contribution is 0.506. The lowest BCUT2D eigenvalue weighted by Crippen LogP contribution is -2.27. The zero-order chi connectivity index (χ0) is 12.0. The standard InChI is InChI=1S/C13H15F2N/c1-3-4-5-12(16-2)8-10-6-7-11(14)9-13(10)15/h1,6-7,9,12,16H,4-5,8H2,2H3. The monoisotopic (exact) mass is 223 g/mol. The number of rotatable bonds is 5. The molecular formula is C13H15F2N. The van der Waals surface area contributed by atoms with E-state index < -0.39 is 11.6 Å². The number of halogens is 2. The molecule has 3 heteroatoms. The molecule has 1 aromatic rings. The zero-order valence-electron chi connectivity index (χ0n) is 9.26. The fourth-order valence-corrected chi connectivity index (χ4v) is 1.56. The normalized spacial score (nSPS) is 12.1. The van der Waals surface area contributed by atoms with Crippen LogP contribution in [0.2, 0.25) is 0 Å². The second kappa shape index (κ2) is 6.24. The summed E-state index contributed by atoms with van der Waals surface area (Å²) in [6.45, 7) is 0. The van der Waals surface area contributed by atoms with Gasteiger partial charge >= 0.3 is 0 Å². The predicted octanol–water partition coefficient (Wildman–Crippen LogP) is 2.51. The SMILES string of the molecule is C#CCCC(Cc1ccc(F)cc1F)NC. The molecular weight excluding hydrogens is 208 g/mol. The van der Waals surface area contributed by atoms with Crippen LogP contribution in [-0.2, 0) is 6.42 Å². The molecule has 1 N–H and O–H groups in total. The van der Waals surface area contributed by atoms with Gasteiger partial charge in [-0.1, -0.05) is 6.07 Å². The summed E-state index contributed by atoms with van der Waals surface area (Å²) in [5.41, 5.74) is 0.512. The molecule has 1 rings (SSSR count). The van der Waals surface area contributed by atoms with Gasteiger partial charge in [-0.05, 0) is 31.5 Å². The fraction of sp³-hybridized carbons (Fsp3) is 0.385. The van der Waals surface area contributed by atoms with Crippen LogP contribution in [0.5, 0.6) is 0 Å². The third kappa shape index (κ3) is 3.63. The average molecular weight is 223 g/mol. The highest BCUT2D eigenvalue weighted by molar-refractivity contribution is 5.19. The van der Waals surface area contributed by atoms with Gasteiger partial charge in [0.1, 0.15) is 11.6 Å². The van der Waals surface area contributed by atoms with Gasteiger partial charge in [0.25, 0.3) is 0 Å². The van der Waals surface area contributed by atoms with E-state index in [1.54, 1.807) is 0 Å². The highest BCUT2D eigenvalue weighted by Crippen LogP contribution is 2.13. The van der Waals surface area contributed by atoms with E-state index in [1.165, 1.54) is 12.1 Å². The molecule has 0 saturated heterocycles. The number of terminal acetylenes is 1. The first-order chi connectivity index (χ1) is 7.67. The molecule has 0 amide bonds. The summed E-state index contributed by atoms with van der Waals surface area (Å²) < 4.78 is 26.0. The van der Waals surface area contributed by atoms with Crippen LogP contribution in [0.25, 0.3) is 0 Å². The lowest BCUT2D eigenvalue weighted by atomic mass is 10.0. The maximum atomic E-state index is 13.4. The van der Waals surface area contributed by atoms with E-state index in [9.17, 15) is 8.78 Å². The van der Waals surface area contributed by atoms with Crippen LogP contribution in [0.4, 0.5) is 8.78 Å². The van der Waals surface area contributed by atoms with Crippen molar-refractivity contribution in [2.24, 2.45) is 0 Å². The lowest BCUT2D eigenvalue weighted by Gasteiger charge is -2.15. The van der Waals surface area contributed by atoms with Crippen LogP contribution in [0, 0.1) is 24.0 Å². The number of hydrogen-bond donors (Lipinski definition) is 1. The van der Waals surface area contributed by atoms with E-state index in [2.05, 4.69) is 11.2 Å². The van der Waals surface area contributed by atoms with Crippen molar-refractivity contribution in [3.05, 3.63) is 35.4 Å². The van der Waals surface area contributed by atoms with Crippen LogP contribution in [0.15, 0.2) is 18.2 Å². The highest BCUT2D eigenvalue weighted by Gasteiger charge is 2.10. The molecule has 0 bridgehead atoms. The largest absolute Gasteiger partial charge is 0.317 e. The smallest absolute Gasteiger partial charge is 0.129 e. The van der Waals surface area contributed by atoms with Gasteiger partial charge in [-0.3, -0.25) is 0 Å². The van der Waals surface area contributed by atoms with Gasteiger partial charge < -0.3 is 5.32 Å². The van der Waals surface area contributed by atoms with Crippen molar-refractivity contribution in [1.82, 2.24) is 5.32 Å². The molecule has 0 aliphatic rings. The molecule has 0 aliphatic heterocycles. The molecule has 1 atom stereocenters. The first kappa shape index (κ1) is 12.7. The van der Waals surface area contributed by atoms with E-state index in [-0.39, 0.29) is 6.04 Å². The van der Waals surface area contributed by atoms with E-state index in [1.807, 2.05) is 7.05 Å². The summed E-state index contributed by atoms with van der Waals surface area (Å²) in [6.07, 6.45) is 7.12. The Morgan fingerprint density at radius 2 is 2.19 bits per heavy atom. The third-order valence-corrected chi connectivity index (χ3v) is 2.53. The minimum atomic E-state index is -0.550. The van der Waals surface area contributed by atoms with Crippen molar-refractivity contribution < 1.29 is 8.78 Å². The van der Waals surface area contributed by atoms with Crippen molar-refractivity contribution in [3.8, 4) is 12.3 Å². The van der Waals surface area contributed by atoms with Crippen LogP contribution in [0.1, 0.15) is 18.4 Å². The molecule has 1 unspecified atom stereocenters. The summed E-state index contributed by atoms with van der Waals surface area (Å²) in [6, 6.07) is 3.77. The van der Waals surface area contributed by atoms with E-state index in [0.717, 1.165) is 12.5 Å². The van der Waals surface area contributed by atoms with Gasteiger partial charge in [0.2, 0.25) is 0 Å². The molecule has 16 heavy (non-hydrogen) atoms. The summed E-state index contributed by atoms with van der Waals surface area (Å²) in [7, 11) is 1.81. The third-order valence-electron chi connectivity index (χ3n) is 2.53. The Morgan fingerprint density at radius 3 is 2.75 bits per heavy atom. The second-order valence-corrected chi connectivity index (χ2v) is 3.67. The van der Waals surface area contributed by atoms with E-state index >= 15 is 0 Å². The molecule has 1 nitrogen and oxygen atoms in total. The highest BCUT2D eigenvalue weighted by atomic mass is 19.1. The minimum absolute atomic E-state index is 0.121. The molecule has 0 fully saturated rings. The van der Waals surface area contributed by atoms with Crippen LogP contribution in [0.3, 0.4) is 0 Å². The zero-order valence-corrected chi connectivity index (χ0v) is 9.26. The molecule has 0 aliphatic carbocycles. The van der Waals surface area contributed by atoms with Gasteiger partial charge in [-0.2, -0.15) is 0 Å². The molecule has 0 heterocycles. The summed E-state index contributed by atoms with van der Waals surface area (Å²) in [5, 5.41) is 3.07. The summed E-state index contributed by atoms with van der Waals surface area (Å²) in [4.78, 5) is 0. The second-order valence-electron chi connectivity index (χ2n) is 3.67. The molecule has 86 valence electrons. The maximum absolute atomic E-state index is 13.4. The predicted molar refractivity (Wildman–Crippen MR) is 61.0 cm³/mol. The number of likely N-dealkylation sites (N-methyl/N-ethyl adjacent to an activating group) is 1.